The molecule has 0 unspecified atom stereocenters. The van der Waals surface area contributed by atoms with Crippen molar-refractivity contribution < 1.29 is 19.1 Å². The molecule has 0 bridgehead atoms. The van der Waals surface area contributed by atoms with E-state index < -0.39 is 33.4 Å². The van der Waals surface area contributed by atoms with Crippen molar-refractivity contribution in [1.82, 2.24) is 19.5 Å². The van der Waals surface area contributed by atoms with Gasteiger partial charge in [-0.25, -0.2) is 15.0 Å². The summed E-state index contributed by atoms with van der Waals surface area (Å²) in [6.45, 7) is 10.0. The van der Waals surface area contributed by atoms with Gasteiger partial charge < -0.3 is 20.0 Å². The van der Waals surface area contributed by atoms with Gasteiger partial charge in [-0.15, -0.1) is 0 Å². The summed E-state index contributed by atoms with van der Waals surface area (Å²) in [5, 5.41) is 9.44. The molecular weight excluding hydrogens is 354 g/mol. The standard InChI is InChI=1S/C16H25N5O4Si/c1-16(2,3)26(4,5)25-12-11(23)9(6-22)24-15(12)21-8-20-10-13(17)18-7-19-14(10)21/h7-9,12,15,22H,6H2,1-5H3,(H2,17,18,19)/t9-,12-,15-/m1/s1. The van der Waals surface area contributed by atoms with Crippen LogP contribution in [-0.2, 0) is 14.0 Å². The van der Waals surface area contributed by atoms with Crippen molar-refractivity contribution in [2.24, 2.45) is 0 Å². The van der Waals surface area contributed by atoms with Gasteiger partial charge in [-0.1, -0.05) is 20.8 Å². The zero-order valence-electron chi connectivity index (χ0n) is 15.6. The number of aromatic nitrogens is 4. The third-order valence-corrected chi connectivity index (χ3v) is 9.67. The summed E-state index contributed by atoms with van der Waals surface area (Å²) in [5.74, 6) is -0.0233. The van der Waals surface area contributed by atoms with Gasteiger partial charge in [0, 0.05) is 0 Å². The lowest BCUT2D eigenvalue weighted by atomic mass is 10.2. The molecule has 1 aliphatic rings. The SMILES string of the molecule is CC(C)(C)[Si](C)(C)O[C@@H]1C(=O)[C@@H](CO)O[C@H]1n1cnc2c(N)ncnc21. The topological polar surface area (TPSA) is 125 Å². The first-order chi connectivity index (χ1) is 12.1. The van der Waals surface area contributed by atoms with Crippen LogP contribution in [-0.4, -0.2) is 57.5 Å². The van der Waals surface area contributed by atoms with Crippen LogP contribution in [0.3, 0.4) is 0 Å². The number of Topliss-reactive ketones (excluding diaryl/α,β-unsaturated/α-hetero) is 1. The van der Waals surface area contributed by atoms with Gasteiger partial charge in [0.1, 0.15) is 17.9 Å². The summed E-state index contributed by atoms with van der Waals surface area (Å²) in [4.78, 5) is 25.1. The Morgan fingerprint density at radius 3 is 2.65 bits per heavy atom. The maximum Gasteiger partial charge on any atom is 0.196 e. The van der Waals surface area contributed by atoms with Gasteiger partial charge in [0.25, 0.3) is 0 Å². The van der Waals surface area contributed by atoms with E-state index in [0.717, 1.165) is 0 Å². The van der Waals surface area contributed by atoms with Gasteiger partial charge in [0.15, 0.2) is 37.9 Å². The van der Waals surface area contributed by atoms with Crippen molar-refractivity contribution in [3.63, 3.8) is 0 Å². The molecule has 3 N–H and O–H groups in total. The molecule has 0 amide bonds. The van der Waals surface area contributed by atoms with E-state index in [2.05, 4.69) is 48.8 Å². The maximum atomic E-state index is 12.8. The molecule has 0 radical (unpaired) electrons. The Labute approximate surface area is 152 Å². The number of ketones is 1. The minimum atomic E-state index is -2.26. The fraction of sp³-hybridized carbons (Fsp3) is 0.625. The maximum absolute atomic E-state index is 12.8. The lowest BCUT2D eigenvalue weighted by Crippen LogP contribution is -2.47. The van der Waals surface area contributed by atoms with Crippen molar-refractivity contribution in [3.05, 3.63) is 12.7 Å². The molecule has 3 heterocycles. The number of ether oxygens (including phenoxy) is 1. The number of imidazole rings is 1. The zero-order valence-corrected chi connectivity index (χ0v) is 16.6. The fourth-order valence-corrected chi connectivity index (χ4v) is 3.86. The van der Waals surface area contributed by atoms with Gasteiger partial charge in [0.05, 0.1) is 12.9 Å². The first kappa shape index (κ1) is 18.9. The first-order valence-corrected chi connectivity index (χ1v) is 11.4. The normalized spacial score (nSPS) is 24.5. The predicted molar refractivity (Wildman–Crippen MR) is 97.8 cm³/mol. The van der Waals surface area contributed by atoms with Gasteiger partial charge in [-0.2, -0.15) is 0 Å². The number of carbonyl (C=O) groups excluding carboxylic acids is 1. The van der Waals surface area contributed by atoms with Crippen LogP contribution in [0.15, 0.2) is 12.7 Å². The number of fused-ring (bicyclic) bond motifs is 1. The molecule has 10 heteroatoms. The number of hydrogen-bond donors (Lipinski definition) is 2. The Morgan fingerprint density at radius 1 is 1.35 bits per heavy atom. The monoisotopic (exact) mass is 379 g/mol. The Balaban J connectivity index is 2.03. The fourth-order valence-electron chi connectivity index (χ4n) is 2.64. The highest BCUT2D eigenvalue weighted by molar-refractivity contribution is 6.74. The van der Waals surface area contributed by atoms with Crippen LogP contribution in [0.25, 0.3) is 11.2 Å². The number of nitrogens with two attached hydrogens (primary N) is 1. The van der Waals surface area contributed by atoms with Crippen molar-refractivity contribution in [1.29, 1.82) is 0 Å². The highest BCUT2D eigenvalue weighted by Gasteiger charge is 2.50. The molecule has 2 aromatic rings. The molecule has 0 spiro atoms. The molecule has 1 fully saturated rings. The van der Waals surface area contributed by atoms with Crippen molar-refractivity contribution in [2.45, 2.75) is 57.3 Å². The van der Waals surface area contributed by atoms with Crippen LogP contribution in [0.2, 0.25) is 18.1 Å². The quantitative estimate of drug-likeness (QED) is 0.761. The Morgan fingerprint density at radius 2 is 2.04 bits per heavy atom. The third kappa shape index (κ3) is 3.02. The molecule has 3 rings (SSSR count). The molecule has 0 aromatic carbocycles. The molecule has 1 aliphatic heterocycles. The second kappa shape index (κ2) is 6.37. The van der Waals surface area contributed by atoms with E-state index in [0.29, 0.717) is 11.2 Å². The van der Waals surface area contributed by atoms with E-state index in [1.165, 1.54) is 12.7 Å². The number of hydrogen-bond acceptors (Lipinski definition) is 8. The minimum Gasteiger partial charge on any atom is -0.403 e. The van der Waals surface area contributed by atoms with Crippen molar-refractivity contribution >= 4 is 31.1 Å². The second-order valence-electron chi connectivity index (χ2n) is 7.98. The number of nitrogen functional groups attached to an aromatic ring is 1. The van der Waals surface area contributed by atoms with E-state index in [-0.39, 0.29) is 16.6 Å². The largest absolute Gasteiger partial charge is 0.403 e. The lowest BCUT2D eigenvalue weighted by Gasteiger charge is -2.38. The summed E-state index contributed by atoms with van der Waals surface area (Å²) >= 11 is 0. The number of aliphatic hydroxyl groups is 1. The molecule has 142 valence electrons. The number of carbonyl (C=O) groups is 1. The van der Waals surface area contributed by atoms with E-state index in [1.807, 2.05) is 0 Å². The number of nitrogens with zero attached hydrogens (tertiary/aromatic N) is 4. The number of aliphatic hydroxyl groups excluding tert-OH is 1. The summed E-state index contributed by atoms with van der Waals surface area (Å²) in [7, 11) is -2.26. The second-order valence-corrected chi connectivity index (χ2v) is 12.7. The molecule has 3 atom stereocenters. The van der Waals surface area contributed by atoms with Gasteiger partial charge in [-0.3, -0.25) is 9.36 Å². The van der Waals surface area contributed by atoms with Crippen LogP contribution in [0.4, 0.5) is 5.82 Å². The highest BCUT2D eigenvalue weighted by atomic mass is 28.4. The van der Waals surface area contributed by atoms with Crippen LogP contribution < -0.4 is 5.73 Å². The average molecular weight is 379 g/mol. The van der Waals surface area contributed by atoms with Crippen LogP contribution >= 0.6 is 0 Å². The molecule has 9 nitrogen and oxygen atoms in total. The van der Waals surface area contributed by atoms with Crippen LogP contribution in [0.5, 0.6) is 0 Å². The summed E-state index contributed by atoms with van der Waals surface area (Å²) in [6, 6.07) is 0. The van der Waals surface area contributed by atoms with E-state index in [9.17, 15) is 9.90 Å². The molecule has 0 aliphatic carbocycles. The van der Waals surface area contributed by atoms with Crippen LogP contribution in [0, 0.1) is 0 Å². The molecule has 2 aromatic heterocycles. The predicted octanol–water partition coefficient (Wildman–Crippen LogP) is 1.26. The van der Waals surface area contributed by atoms with E-state index in [4.69, 9.17) is 14.9 Å². The highest BCUT2D eigenvalue weighted by Crippen LogP contribution is 2.41. The summed E-state index contributed by atoms with van der Waals surface area (Å²) < 4.78 is 13.8. The Hall–Kier alpha value is -1.88. The zero-order chi connectivity index (χ0) is 19.3. The van der Waals surface area contributed by atoms with Gasteiger partial charge in [-0.05, 0) is 18.1 Å². The van der Waals surface area contributed by atoms with Crippen LogP contribution in [0.1, 0.15) is 27.0 Å². The summed E-state index contributed by atoms with van der Waals surface area (Å²) in [5.41, 5.74) is 6.73. The number of rotatable bonds is 4. The Bertz CT molecular complexity index is 832. The van der Waals surface area contributed by atoms with Gasteiger partial charge >= 0.3 is 0 Å². The van der Waals surface area contributed by atoms with Crippen molar-refractivity contribution in [3.8, 4) is 0 Å². The molecule has 1 saturated heterocycles. The third-order valence-electron chi connectivity index (χ3n) is 5.22. The lowest BCUT2D eigenvalue weighted by molar-refractivity contribution is -0.127. The van der Waals surface area contributed by atoms with Crippen molar-refractivity contribution in [2.75, 3.05) is 12.3 Å². The van der Waals surface area contributed by atoms with E-state index >= 15 is 0 Å². The van der Waals surface area contributed by atoms with Gasteiger partial charge in [0.2, 0.25) is 0 Å². The summed E-state index contributed by atoms with van der Waals surface area (Å²) in [6.07, 6.45) is 0.288. The molecule has 26 heavy (non-hydrogen) atoms. The average Bonchev–Trinajstić information content (AvgIpc) is 3.09. The minimum absolute atomic E-state index is 0.0846. The first-order valence-electron chi connectivity index (χ1n) is 8.47. The molecular formula is C16H25N5O4Si. The number of anilines is 1. The Kier molecular flexibility index (Phi) is 4.63. The molecule has 0 saturated carbocycles. The van der Waals surface area contributed by atoms with E-state index in [1.54, 1.807) is 4.57 Å². The smallest absolute Gasteiger partial charge is 0.196 e.